The van der Waals surface area contributed by atoms with Crippen LogP contribution in [0.4, 0.5) is 10.6 Å². The van der Waals surface area contributed by atoms with Crippen LogP contribution >= 0.6 is 0 Å². The third kappa shape index (κ3) is 4.34. The predicted octanol–water partition coefficient (Wildman–Crippen LogP) is 2.47. The van der Waals surface area contributed by atoms with Crippen LogP contribution in [0.15, 0.2) is 30.5 Å². The fourth-order valence-electron chi connectivity index (χ4n) is 3.53. The van der Waals surface area contributed by atoms with Crippen molar-refractivity contribution in [1.82, 2.24) is 14.7 Å². The predicted molar refractivity (Wildman–Crippen MR) is 110 cm³/mol. The number of nitrogen functional groups attached to an aromatic ring is 1. The van der Waals surface area contributed by atoms with Gasteiger partial charge in [0.2, 0.25) is 5.91 Å². The third-order valence-electron chi connectivity index (χ3n) is 5.80. The number of carbonyl (C=O) groups excluding carboxylic acids is 2. The number of aromatic nitrogens is 2. The van der Waals surface area contributed by atoms with E-state index in [0.717, 1.165) is 31.2 Å². The lowest BCUT2D eigenvalue weighted by atomic mass is 10.1. The number of likely N-dealkylation sites (tertiary alicyclic amines) is 1. The highest BCUT2D eigenvalue weighted by Gasteiger charge is 2.43. The van der Waals surface area contributed by atoms with Gasteiger partial charge in [0.05, 0.1) is 17.8 Å². The topological polar surface area (TPSA) is 126 Å². The normalized spacial score (nSPS) is 18.1. The quantitative estimate of drug-likeness (QED) is 0.749. The molecule has 9 heteroatoms. The number of carbonyl (C=O) groups is 2. The molecule has 1 aliphatic heterocycles. The summed E-state index contributed by atoms with van der Waals surface area (Å²) >= 11 is 0. The summed E-state index contributed by atoms with van der Waals surface area (Å²) in [5.41, 5.74) is 12.5. The molecule has 2 aromatic rings. The molecule has 4 rings (SSSR count). The zero-order valence-corrected chi connectivity index (χ0v) is 17.0. The van der Waals surface area contributed by atoms with Gasteiger partial charge in [0.25, 0.3) is 0 Å². The van der Waals surface area contributed by atoms with Crippen LogP contribution in [-0.2, 0) is 11.3 Å². The average molecular weight is 413 g/mol. The van der Waals surface area contributed by atoms with Crippen molar-refractivity contribution >= 4 is 17.8 Å². The van der Waals surface area contributed by atoms with Crippen LogP contribution in [0, 0.1) is 0 Å². The summed E-state index contributed by atoms with van der Waals surface area (Å²) in [7, 11) is 0. The Labute approximate surface area is 174 Å². The highest BCUT2D eigenvalue weighted by atomic mass is 16.6. The van der Waals surface area contributed by atoms with Gasteiger partial charge in [-0.3, -0.25) is 4.79 Å². The van der Waals surface area contributed by atoms with Gasteiger partial charge in [-0.1, -0.05) is 0 Å². The first-order valence-corrected chi connectivity index (χ1v) is 10.2. The van der Waals surface area contributed by atoms with Crippen molar-refractivity contribution < 1.29 is 19.1 Å². The first-order chi connectivity index (χ1) is 14.3. The van der Waals surface area contributed by atoms with Gasteiger partial charge in [0, 0.05) is 18.7 Å². The third-order valence-corrected chi connectivity index (χ3v) is 5.80. The number of benzene rings is 1. The molecule has 1 aromatic carbocycles. The Morgan fingerprint density at radius 1 is 1.20 bits per heavy atom. The van der Waals surface area contributed by atoms with Gasteiger partial charge in [-0.25, -0.2) is 9.48 Å². The maximum atomic E-state index is 12.3. The first kappa shape index (κ1) is 20.1. The van der Waals surface area contributed by atoms with Crippen molar-refractivity contribution in [3.8, 4) is 5.75 Å². The van der Waals surface area contributed by atoms with E-state index in [4.69, 9.17) is 20.9 Å². The molecule has 0 bridgehead atoms. The molecule has 2 amide bonds. The Bertz CT molecular complexity index is 927. The zero-order chi connectivity index (χ0) is 21.3. The van der Waals surface area contributed by atoms with Crippen molar-refractivity contribution in [3.05, 3.63) is 41.6 Å². The number of nitrogens with two attached hydrogens (primary N) is 2. The van der Waals surface area contributed by atoms with E-state index in [-0.39, 0.29) is 24.3 Å². The maximum Gasteiger partial charge on any atom is 0.410 e. The Morgan fingerprint density at radius 2 is 1.87 bits per heavy atom. The number of nitrogens with zero attached hydrogens (tertiary/aromatic N) is 3. The van der Waals surface area contributed by atoms with Gasteiger partial charge in [0.1, 0.15) is 23.8 Å². The zero-order valence-electron chi connectivity index (χ0n) is 17.0. The molecule has 1 aromatic heterocycles. The summed E-state index contributed by atoms with van der Waals surface area (Å²) in [5.74, 6) is 0.701. The summed E-state index contributed by atoms with van der Waals surface area (Å²) in [6.45, 7) is 3.48. The monoisotopic (exact) mass is 413 g/mol. The van der Waals surface area contributed by atoms with Crippen LogP contribution in [0.5, 0.6) is 5.75 Å². The van der Waals surface area contributed by atoms with E-state index in [9.17, 15) is 9.59 Å². The summed E-state index contributed by atoms with van der Waals surface area (Å²) in [5, 5.41) is 4.44. The van der Waals surface area contributed by atoms with Crippen LogP contribution in [-0.4, -0.2) is 45.4 Å². The number of hydrogen-bond donors (Lipinski definition) is 2. The van der Waals surface area contributed by atoms with Gasteiger partial charge in [0.15, 0.2) is 0 Å². The molecule has 2 heterocycles. The molecule has 2 fully saturated rings. The van der Waals surface area contributed by atoms with Crippen LogP contribution < -0.4 is 16.2 Å². The van der Waals surface area contributed by atoms with Gasteiger partial charge in [-0.05, 0) is 56.9 Å². The molecule has 2 aliphatic rings. The molecule has 4 N–H and O–H groups in total. The molecular weight excluding hydrogens is 386 g/mol. The van der Waals surface area contributed by atoms with E-state index in [1.807, 2.05) is 11.6 Å². The average Bonchev–Trinajstić information content (AvgIpc) is 3.35. The van der Waals surface area contributed by atoms with Gasteiger partial charge in [-0.2, -0.15) is 5.10 Å². The number of rotatable bonds is 6. The summed E-state index contributed by atoms with van der Waals surface area (Å²) in [6.07, 6.45) is 4.91. The van der Waals surface area contributed by atoms with E-state index in [1.54, 1.807) is 35.4 Å². The van der Waals surface area contributed by atoms with Crippen molar-refractivity contribution in [2.75, 3.05) is 18.8 Å². The van der Waals surface area contributed by atoms with E-state index >= 15 is 0 Å². The number of amides is 2. The van der Waals surface area contributed by atoms with E-state index in [1.165, 1.54) is 0 Å². The molecule has 0 spiro atoms. The highest BCUT2D eigenvalue weighted by molar-refractivity contribution is 5.92. The molecule has 9 nitrogen and oxygen atoms in total. The summed E-state index contributed by atoms with van der Waals surface area (Å²) in [6, 6.07) is 6.75. The number of ether oxygens (including phenoxy) is 2. The van der Waals surface area contributed by atoms with E-state index < -0.39 is 5.91 Å². The van der Waals surface area contributed by atoms with Crippen molar-refractivity contribution in [2.24, 2.45) is 5.73 Å². The van der Waals surface area contributed by atoms with Crippen LogP contribution in [0.2, 0.25) is 0 Å². The molecule has 1 saturated heterocycles. The minimum atomic E-state index is -0.479. The van der Waals surface area contributed by atoms with Crippen LogP contribution in [0.3, 0.4) is 0 Å². The Balaban J connectivity index is 1.31. The van der Waals surface area contributed by atoms with E-state index in [2.05, 4.69) is 5.10 Å². The molecule has 1 aliphatic carbocycles. The van der Waals surface area contributed by atoms with Crippen LogP contribution in [0.25, 0.3) is 0 Å². The van der Waals surface area contributed by atoms with Gasteiger partial charge < -0.3 is 25.8 Å². The Kier molecular flexibility index (Phi) is 5.27. The van der Waals surface area contributed by atoms with Crippen molar-refractivity contribution in [2.45, 2.75) is 50.9 Å². The first-order valence-electron chi connectivity index (χ1n) is 10.2. The lowest BCUT2D eigenvalue weighted by Crippen LogP contribution is -2.41. The fraction of sp³-hybridized carbons (Fsp3) is 0.476. The number of anilines is 1. The van der Waals surface area contributed by atoms with E-state index in [0.29, 0.717) is 30.2 Å². The largest absolute Gasteiger partial charge is 0.489 e. The summed E-state index contributed by atoms with van der Waals surface area (Å²) < 4.78 is 13.1. The van der Waals surface area contributed by atoms with Gasteiger partial charge in [-0.15, -0.1) is 0 Å². The molecule has 0 radical (unpaired) electrons. The smallest absolute Gasteiger partial charge is 0.410 e. The van der Waals surface area contributed by atoms with Crippen molar-refractivity contribution in [3.63, 3.8) is 0 Å². The second-order valence-electron chi connectivity index (χ2n) is 8.21. The maximum absolute atomic E-state index is 12.3. The van der Waals surface area contributed by atoms with Crippen molar-refractivity contribution in [1.29, 1.82) is 0 Å². The molecule has 1 saturated carbocycles. The Morgan fingerprint density at radius 3 is 2.47 bits per heavy atom. The molecule has 30 heavy (non-hydrogen) atoms. The molecular formula is C21H27N5O4. The van der Waals surface area contributed by atoms with Gasteiger partial charge >= 0.3 is 6.09 Å². The highest BCUT2D eigenvalue weighted by Crippen LogP contribution is 2.39. The standard InChI is InChI=1S/C21H27N5O4/c1-21(8-9-21)30-20(28)25-10-6-16(7-11-25)26-18(22)15(12-24-26)13-29-17-4-2-14(3-5-17)19(23)27/h2-5,12,16H,6-11,13,22H2,1H3,(H2,23,27). The number of piperidine rings is 1. The second-order valence-corrected chi connectivity index (χ2v) is 8.21. The SMILES string of the molecule is CC1(OC(=O)N2CCC(n3ncc(COc4ccc(C(N)=O)cc4)c3N)CC2)CC1. The molecule has 0 atom stereocenters. The summed E-state index contributed by atoms with van der Waals surface area (Å²) in [4.78, 5) is 25.2. The second kappa shape index (κ2) is 7.89. The minimum absolute atomic E-state index is 0.133. The molecule has 160 valence electrons. The lowest BCUT2D eigenvalue weighted by molar-refractivity contribution is 0.0491. The van der Waals surface area contributed by atoms with Crippen LogP contribution in [0.1, 0.15) is 54.6 Å². The Hall–Kier alpha value is -3.23. The molecule has 0 unspecified atom stereocenters. The fourth-order valence-corrected chi connectivity index (χ4v) is 3.53. The minimum Gasteiger partial charge on any atom is -0.489 e. The number of primary amides is 1. The lowest BCUT2D eigenvalue weighted by Gasteiger charge is -2.32. The number of hydrogen-bond acceptors (Lipinski definition) is 6.